The number of hydrogen-bond donors (Lipinski definition) is 3. The van der Waals surface area contributed by atoms with Gasteiger partial charge in [-0.05, 0) is 37.0 Å². The quantitative estimate of drug-likeness (QED) is 0.207. The Morgan fingerprint density at radius 3 is 2.56 bits per heavy atom. The van der Waals surface area contributed by atoms with E-state index in [9.17, 15) is 24.6 Å². The Morgan fingerprint density at radius 2 is 1.86 bits per heavy atom. The van der Waals surface area contributed by atoms with Gasteiger partial charge in [0, 0.05) is 42.4 Å². The van der Waals surface area contributed by atoms with Gasteiger partial charge in [-0.25, -0.2) is 9.78 Å². The number of aromatic nitrogens is 3. The van der Waals surface area contributed by atoms with Crippen molar-refractivity contribution in [3.63, 3.8) is 0 Å². The van der Waals surface area contributed by atoms with Gasteiger partial charge in [-0.1, -0.05) is 73.8 Å². The number of benzene rings is 2. The topological polar surface area (TPSA) is 129 Å². The Balaban J connectivity index is 1.47. The number of aryl methyl sites for hydroxylation is 2. The number of aliphatic hydroxyl groups is 1. The third-order valence-electron chi connectivity index (χ3n) is 7.88. The number of unbranched alkanes of at least 4 members (excludes halogenated alkanes) is 2. The van der Waals surface area contributed by atoms with Crippen molar-refractivity contribution < 1.29 is 19.8 Å². The molecule has 1 aliphatic rings. The molecule has 0 unspecified atom stereocenters. The van der Waals surface area contributed by atoms with E-state index in [1.165, 1.54) is 10.5 Å². The van der Waals surface area contributed by atoms with Crippen LogP contribution in [0.1, 0.15) is 44.6 Å². The fourth-order valence-corrected chi connectivity index (χ4v) is 5.74. The van der Waals surface area contributed by atoms with Gasteiger partial charge in [0.2, 0.25) is 11.7 Å². The summed E-state index contributed by atoms with van der Waals surface area (Å²) < 4.78 is 3.41. The summed E-state index contributed by atoms with van der Waals surface area (Å²) in [6.07, 6.45) is 4.43. The van der Waals surface area contributed by atoms with Gasteiger partial charge in [0.1, 0.15) is 17.9 Å². The standard InChI is InChI=1S/C32H36ClN5O5/c1-2-3-7-16-36-28(18-29(40)38-20-26(35-32(36)38)22-11-13-23(33)14-12-22)37-19-24(39)17-27(37)30(41)34-25(31(42)43)15-10-21-8-5-4-6-9-21/h4-6,8-9,11-14,18,20,24-25,27,39H,2-3,7,10,15-17,19H2,1H3,(H,34,41)(H,42,43)/t24-,25-,27-/m0/s1. The minimum absolute atomic E-state index is 0.107. The predicted octanol–water partition coefficient (Wildman–Crippen LogP) is 4.15. The van der Waals surface area contributed by atoms with Crippen LogP contribution in [0.5, 0.6) is 0 Å². The van der Waals surface area contributed by atoms with Crippen LogP contribution in [0, 0.1) is 0 Å². The summed E-state index contributed by atoms with van der Waals surface area (Å²) in [6.45, 7) is 2.76. The van der Waals surface area contributed by atoms with Crippen LogP contribution in [0.4, 0.5) is 5.82 Å². The van der Waals surface area contributed by atoms with Crippen molar-refractivity contribution in [2.45, 2.75) is 70.2 Å². The van der Waals surface area contributed by atoms with Crippen molar-refractivity contribution >= 4 is 35.1 Å². The maximum atomic E-state index is 13.6. The molecule has 43 heavy (non-hydrogen) atoms. The van der Waals surface area contributed by atoms with Gasteiger partial charge < -0.3 is 20.4 Å². The van der Waals surface area contributed by atoms with Gasteiger partial charge in [-0.15, -0.1) is 0 Å². The lowest BCUT2D eigenvalue weighted by atomic mass is 10.0. The zero-order valence-electron chi connectivity index (χ0n) is 24.0. The first-order valence-electron chi connectivity index (χ1n) is 14.7. The minimum Gasteiger partial charge on any atom is -0.480 e. The fourth-order valence-electron chi connectivity index (χ4n) is 5.61. The van der Waals surface area contributed by atoms with Crippen LogP contribution in [-0.4, -0.2) is 60.8 Å². The number of amides is 1. The normalized spacial score (nSPS) is 17.3. The lowest BCUT2D eigenvalue weighted by Crippen LogP contribution is -2.50. The van der Waals surface area contributed by atoms with Crippen LogP contribution in [0.3, 0.4) is 0 Å². The number of β-amino-alcohol motifs (C(OH)–C–C–N with tert-alkyl or cyclic N) is 1. The highest BCUT2D eigenvalue weighted by molar-refractivity contribution is 6.30. The van der Waals surface area contributed by atoms with Crippen LogP contribution in [0.2, 0.25) is 5.02 Å². The van der Waals surface area contributed by atoms with E-state index in [1.54, 1.807) is 23.2 Å². The molecule has 2 aromatic carbocycles. The van der Waals surface area contributed by atoms with E-state index in [1.807, 2.05) is 47.0 Å². The van der Waals surface area contributed by atoms with Crippen LogP contribution < -0.4 is 15.8 Å². The number of carboxylic acid groups (broad SMARTS) is 1. The Bertz CT molecular complexity index is 1640. The molecule has 1 aliphatic heterocycles. The SMILES string of the molecule is CCCCCn1c(N2C[C@@H](O)C[C@H]2C(=O)N[C@@H](CCc2ccccc2)C(=O)O)cc(=O)n2cc(-c3ccc(Cl)cc3)nc12. The van der Waals surface area contributed by atoms with Crippen LogP contribution in [-0.2, 0) is 22.6 Å². The highest BCUT2D eigenvalue weighted by atomic mass is 35.5. The monoisotopic (exact) mass is 605 g/mol. The number of aliphatic carboxylic acids is 1. The molecule has 0 radical (unpaired) electrons. The number of hydrogen-bond acceptors (Lipinski definition) is 6. The molecule has 1 saturated heterocycles. The zero-order valence-corrected chi connectivity index (χ0v) is 24.8. The first-order chi connectivity index (χ1) is 20.7. The molecule has 226 valence electrons. The number of halogens is 1. The third kappa shape index (κ3) is 6.92. The number of carboxylic acids is 1. The van der Waals surface area contributed by atoms with Gasteiger partial charge in [0.05, 0.1) is 11.8 Å². The molecule has 0 saturated carbocycles. The van der Waals surface area contributed by atoms with Crippen molar-refractivity contribution in [2.24, 2.45) is 0 Å². The maximum Gasteiger partial charge on any atom is 0.326 e. The van der Waals surface area contributed by atoms with E-state index in [2.05, 4.69) is 12.2 Å². The average Bonchev–Trinajstić information content (AvgIpc) is 3.62. The number of carbonyl (C=O) groups excluding carboxylic acids is 1. The summed E-state index contributed by atoms with van der Waals surface area (Å²) in [5.41, 5.74) is 2.06. The van der Waals surface area contributed by atoms with E-state index in [0.29, 0.717) is 35.3 Å². The Kier molecular flexibility index (Phi) is 9.47. The molecular weight excluding hydrogens is 570 g/mol. The van der Waals surface area contributed by atoms with Gasteiger partial charge in [-0.3, -0.25) is 18.6 Å². The van der Waals surface area contributed by atoms with E-state index < -0.39 is 30.1 Å². The molecule has 4 aromatic rings. The van der Waals surface area contributed by atoms with Crippen LogP contribution in [0.25, 0.3) is 17.0 Å². The maximum absolute atomic E-state index is 13.6. The first-order valence-corrected chi connectivity index (χ1v) is 15.0. The fraction of sp³-hybridized carbons (Fsp3) is 0.375. The molecule has 3 N–H and O–H groups in total. The molecule has 11 heteroatoms. The number of nitrogens with one attached hydrogen (secondary N) is 1. The summed E-state index contributed by atoms with van der Waals surface area (Å²) in [5.74, 6) is -0.737. The average molecular weight is 606 g/mol. The molecule has 0 spiro atoms. The van der Waals surface area contributed by atoms with Crippen LogP contribution >= 0.6 is 11.6 Å². The number of carbonyl (C=O) groups is 2. The largest absolute Gasteiger partial charge is 0.480 e. The smallest absolute Gasteiger partial charge is 0.326 e. The van der Waals surface area contributed by atoms with Crippen LogP contribution in [0.15, 0.2) is 71.7 Å². The Morgan fingerprint density at radius 1 is 1.12 bits per heavy atom. The summed E-state index contributed by atoms with van der Waals surface area (Å²) in [5, 5.41) is 23.8. The van der Waals surface area contributed by atoms with Gasteiger partial charge >= 0.3 is 5.97 Å². The zero-order chi connectivity index (χ0) is 30.5. The number of nitrogens with zero attached hydrogens (tertiary/aromatic N) is 4. The molecule has 3 atom stereocenters. The summed E-state index contributed by atoms with van der Waals surface area (Å²) >= 11 is 6.07. The summed E-state index contributed by atoms with van der Waals surface area (Å²) in [7, 11) is 0. The number of fused-ring (bicyclic) bond motifs is 1. The second-order valence-corrected chi connectivity index (χ2v) is 11.4. The van der Waals surface area contributed by atoms with Crippen molar-refractivity contribution in [1.82, 2.24) is 19.3 Å². The Hall–Kier alpha value is -4.15. The number of rotatable bonds is 12. The van der Waals surface area contributed by atoms with Crippen molar-refractivity contribution in [3.8, 4) is 11.3 Å². The first kappa shape index (κ1) is 30.3. The lowest BCUT2D eigenvalue weighted by Gasteiger charge is -2.29. The number of aliphatic hydroxyl groups excluding tert-OH is 1. The van der Waals surface area contributed by atoms with E-state index >= 15 is 0 Å². The highest BCUT2D eigenvalue weighted by Gasteiger charge is 2.39. The second kappa shape index (κ2) is 13.4. The van der Waals surface area contributed by atoms with Crippen molar-refractivity contribution in [2.75, 3.05) is 11.4 Å². The minimum atomic E-state index is -1.13. The second-order valence-electron chi connectivity index (χ2n) is 11.0. The van der Waals surface area contributed by atoms with Gasteiger partial charge in [-0.2, -0.15) is 0 Å². The molecule has 10 nitrogen and oxygen atoms in total. The van der Waals surface area contributed by atoms with E-state index in [-0.39, 0.29) is 24.9 Å². The molecular formula is C32H36ClN5O5. The molecule has 0 aliphatic carbocycles. The summed E-state index contributed by atoms with van der Waals surface area (Å²) in [4.78, 5) is 45.6. The van der Waals surface area contributed by atoms with Gasteiger partial charge in [0.15, 0.2) is 0 Å². The molecule has 0 bridgehead atoms. The number of anilines is 1. The molecule has 3 heterocycles. The van der Waals surface area contributed by atoms with Gasteiger partial charge in [0.25, 0.3) is 5.56 Å². The molecule has 2 aromatic heterocycles. The summed E-state index contributed by atoms with van der Waals surface area (Å²) in [6, 6.07) is 16.2. The highest BCUT2D eigenvalue weighted by Crippen LogP contribution is 2.29. The van der Waals surface area contributed by atoms with Crippen molar-refractivity contribution in [1.29, 1.82) is 0 Å². The van der Waals surface area contributed by atoms with Crippen molar-refractivity contribution in [3.05, 3.63) is 87.8 Å². The van der Waals surface area contributed by atoms with E-state index in [4.69, 9.17) is 16.6 Å². The Labute approximate surface area is 254 Å². The number of imidazole rings is 1. The molecule has 1 fully saturated rings. The third-order valence-corrected chi connectivity index (χ3v) is 8.13. The molecule has 1 amide bonds. The van der Waals surface area contributed by atoms with E-state index in [0.717, 1.165) is 30.4 Å². The lowest BCUT2D eigenvalue weighted by molar-refractivity contribution is -0.142. The molecule has 5 rings (SSSR count). The predicted molar refractivity (Wildman–Crippen MR) is 166 cm³/mol.